The molecule has 1 atom stereocenters. The van der Waals surface area contributed by atoms with Gasteiger partial charge in [0.15, 0.2) is 5.78 Å². The van der Waals surface area contributed by atoms with E-state index in [4.69, 9.17) is 0 Å². The molecule has 0 fully saturated rings. The third-order valence-electron chi connectivity index (χ3n) is 3.12. The van der Waals surface area contributed by atoms with Crippen LogP contribution in [0.5, 0.6) is 0 Å². The fourth-order valence-electron chi connectivity index (χ4n) is 2.01. The number of amides is 1. The van der Waals surface area contributed by atoms with Gasteiger partial charge in [0.2, 0.25) is 5.91 Å². The molecule has 0 aliphatic rings. The number of carbonyl (C=O) groups is 2. The topological polar surface area (TPSA) is 46.2 Å². The van der Waals surface area contributed by atoms with E-state index < -0.39 is 6.04 Å². The monoisotopic (exact) mass is 305 g/mol. The standard InChI is InChI=1S/C16H16FNO2S/c1-11(12-5-2-3-6-13(12)17)18-16(20)9-8-14(19)15-7-4-10-21-15/h2-7,10-11H,8-9H2,1H3,(H,18,20)/t11-/m0/s1. The van der Waals surface area contributed by atoms with Crippen molar-refractivity contribution < 1.29 is 14.0 Å². The van der Waals surface area contributed by atoms with Gasteiger partial charge < -0.3 is 5.32 Å². The van der Waals surface area contributed by atoms with Gasteiger partial charge in [-0.1, -0.05) is 24.3 Å². The van der Waals surface area contributed by atoms with Crippen LogP contribution < -0.4 is 5.32 Å². The van der Waals surface area contributed by atoms with E-state index in [1.807, 2.05) is 5.38 Å². The minimum absolute atomic E-state index is 0.0429. The molecule has 3 nitrogen and oxygen atoms in total. The SMILES string of the molecule is C[C@H](NC(=O)CCC(=O)c1cccs1)c1ccccc1F. The number of benzene rings is 1. The van der Waals surface area contributed by atoms with Crippen molar-refractivity contribution >= 4 is 23.0 Å². The number of hydrogen-bond donors (Lipinski definition) is 1. The van der Waals surface area contributed by atoms with Crippen molar-refractivity contribution in [1.82, 2.24) is 5.32 Å². The number of ketones is 1. The van der Waals surface area contributed by atoms with Gasteiger partial charge in [-0.3, -0.25) is 9.59 Å². The van der Waals surface area contributed by atoms with Gasteiger partial charge in [0.1, 0.15) is 5.82 Å². The largest absolute Gasteiger partial charge is 0.349 e. The van der Waals surface area contributed by atoms with Crippen LogP contribution in [-0.2, 0) is 4.79 Å². The summed E-state index contributed by atoms with van der Waals surface area (Å²) < 4.78 is 13.6. The van der Waals surface area contributed by atoms with Crippen LogP contribution in [0, 0.1) is 5.82 Å². The fourth-order valence-corrected chi connectivity index (χ4v) is 2.70. The number of Topliss-reactive ketones (excluding diaryl/α,β-unsaturated/α-hetero) is 1. The highest BCUT2D eigenvalue weighted by Crippen LogP contribution is 2.17. The van der Waals surface area contributed by atoms with Crippen molar-refractivity contribution in [2.24, 2.45) is 0 Å². The van der Waals surface area contributed by atoms with E-state index in [0.29, 0.717) is 10.4 Å². The summed E-state index contributed by atoms with van der Waals surface area (Å²) in [5.74, 6) is -0.644. The maximum atomic E-state index is 13.6. The lowest BCUT2D eigenvalue weighted by molar-refractivity contribution is -0.121. The average Bonchev–Trinajstić information content (AvgIpc) is 2.99. The van der Waals surface area contributed by atoms with Crippen molar-refractivity contribution in [1.29, 1.82) is 0 Å². The Balaban J connectivity index is 1.85. The average molecular weight is 305 g/mol. The van der Waals surface area contributed by atoms with Crippen LogP contribution >= 0.6 is 11.3 Å². The molecule has 1 aromatic heterocycles. The summed E-state index contributed by atoms with van der Waals surface area (Å²) in [7, 11) is 0. The molecule has 110 valence electrons. The third kappa shape index (κ3) is 4.23. The first kappa shape index (κ1) is 15.4. The molecule has 0 saturated heterocycles. The summed E-state index contributed by atoms with van der Waals surface area (Å²) in [4.78, 5) is 24.3. The zero-order valence-electron chi connectivity index (χ0n) is 11.6. The highest BCUT2D eigenvalue weighted by Gasteiger charge is 2.14. The van der Waals surface area contributed by atoms with Crippen LogP contribution in [0.4, 0.5) is 4.39 Å². The van der Waals surface area contributed by atoms with Crippen molar-refractivity contribution in [3.8, 4) is 0 Å². The molecule has 1 aromatic carbocycles. The zero-order chi connectivity index (χ0) is 15.2. The van der Waals surface area contributed by atoms with Crippen molar-refractivity contribution in [2.75, 3.05) is 0 Å². The molecular formula is C16H16FNO2S. The molecule has 1 heterocycles. The van der Waals surface area contributed by atoms with Crippen LogP contribution in [0.2, 0.25) is 0 Å². The molecule has 0 unspecified atom stereocenters. The molecule has 21 heavy (non-hydrogen) atoms. The van der Waals surface area contributed by atoms with E-state index in [0.717, 1.165) is 0 Å². The Bertz CT molecular complexity index is 625. The summed E-state index contributed by atoms with van der Waals surface area (Å²) in [6.45, 7) is 1.72. The summed E-state index contributed by atoms with van der Waals surface area (Å²) >= 11 is 1.36. The van der Waals surface area contributed by atoms with Gasteiger partial charge in [0.05, 0.1) is 10.9 Å². The Hall–Kier alpha value is -2.01. The summed E-state index contributed by atoms with van der Waals surface area (Å²) in [5, 5.41) is 4.54. The molecule has 1 amide bonds. The summed E-state index contributed by atoms with van der Waals surface area (Å²) in [6.07, 6.45) is 0.270. The number of halogens is 1. The number of hydrogen-bond acceptors (Lipinski definition) is 3. The molecule has 0 bridgehead atoms. The molecule has 0 saturated carbocycles. The highest BCUT2D eigenvalue weighted by atomic mass is 32.1. The van der Waals surface area contributed by atoms with Gasteiger partial charge in [-0.25, -0.2) is 4.39 Å². The Morgan fingerprint density at radius 2 is 1.95 bits per heavy atom. The lowest BCUT2D eigenvalue weighted by Crippen LogP contribution is -2.27. The molecule has 0 spiro atoms. The third-order valence-corrected chi connectivity index (χ3v) is 4.04. The van der Waals surface area contributed by atoms with Crippen molar-refractivity contribution in [3.63, 3.8) is 0 Å². The second kappa shape index (κ2) is 7.13. The van der Waals surface area contributed by atoms with Gasteiger partial charge in [-0.2, -0.15) is 0 Å². The van der Waals surface area contributed by atoms with Gasteiger partial charge in [-0.15, -0.1) is 11.3 Å². The number of nitrogens with one attached hydrogen (secondary N) is 1. The van der Waals surface area contributed by atoms with Gasteiger partial charge in [0.25, 0.3) is 0 Å². The van der Waals surface area contributed by atoms with E-state index in [1.54, 1.807) is 37.3 Å². The first-order valence-electron chi connectivity index (χ1n) is 6.68. The Kier molecular flexibility index (Phi) is 5.22. The molecule has 1 N–H and O–H groups in total. The second-order valence-electron chi connectivity index (χ2n) is 4.71. The summed E-state index contributed by atoms with van der Waals surface area (Å²) in [6, 6.07) is 9.45. The van der Waals surface area contributed by atoms with Crippen LogP contribution in [0.1, 0.15) is 41.0 Å². The van der Waals surface area contributed by atoms with Gasteiger partial charge >= 0.3 is 0 Å². The quantitative estimate of drug-likeness (QED) is 0.827. The fraction of sp³-hybridized carbons (Fsp3) is 0.250. The Labute approximate surface area is 126 Å². The van der Waals surface area contributed by atoms with E-state index >= 15 is 0 Å². The molecular weight excluding hydrogens is 289 g/mol. The van der Waals surface area contributed by atoms with E-state index in [-0.39, 0.29) is 30.3 Å². The first-order chi connectivity index (χ1) is 10.1. The minimum atomic E-state index is -0.421. The second-order valence-corrected chi connectivity index (χ2v) is 5.66. The van der Waals surface area contributed by atoms with Crippen molar-refractivity contribution in [2.45, 2.75) is 25.8 Å². The van der Waals surface area contributed by atoms with Crippen LogP contribution in [0.15, 0.2) is 41.8 Å². The number of thiophene rings is 1. The molecule has 5 heteroatoms. The number of rotatable bonds is 6. The predicted octanol–water partition coefficient (Wildman–Crippen LogP) is 3.73. The lowest BCUT2D eigenvalue weighted by atomic mass is 10.1. The summed E-state index contributed by atoms with van der Waals surface area (Å²) in [5.41, 5.74) is 0.440. The lowest BCUT2D eigenvalue weighted by Gasteiger charge is -2.14. The molecule has 0 aliphatic heterocycles. The zero-order valence-corrected chi connectivity index (χ0v) is 12.5. The van der Waals surface area contributed by atoms with E-state index in [9.17, 15) is 14.0 Å². The maximum absolute atomic E-state index is 13.6. The predicted molar refractivity (Wildman–Crippen MR) is 80.8 cm³/mol. The Morgan fingerprint density at radius 1 is 1.19 bits per heavy atom. The first-order valence-corrected chi connectivity index (χ1v) is 7.56. The molecule has 0 radical (unpaired) electrons. The number of carbonyl (C=O) groups excluding carboxylic acids is 2. The highest BCUT2D eigenvalue weighted by molar-refractivity contribution is 7.12. The Morgan fingerprint density at radius 3 is 2.62 bits per heavy atom. The smallest absolute Gasteiger partial charge is 0.220 e. The molecule has 2 aromatic rings. The van der Waals surface area contributed by atoms with Gasteiger partial charge in [-0.05, 0) is 24.4 Å². The van der Waals surface area contributed by atoms with Gasteiger partial charge in [0, 0.05) is 18.4 Å². The molecule has 2 rings (SSSR count). The van der Waals surface area contributed by atoms with E-state index in [1.165, 1.54) is 17.4 Å². The van der Waals surface area contributed by atoms with Crippen LogP contribution in [0.25, 0.3) is 0 Å². The van der Waals surface area contributed by atoms with Crippen LogP contribution in [0.3, 0.4) is 0 Å². The van der Waals surface area contributed by atoms with Crippen molar-refractivity contribution in [3.05, 3.63) is 58.0 Å². The minimum Gasteiger partial charge on any atom is -0.349 e. The maximum Gasteiger partial charge on any atom is 0.220 e. The van der Waals surface area contributed by atoms with E-state index in [2.05, 4.69) is 5.32 Å². The molecule has 0 aliphatic carbocycles. The van der Waals surface area contributed by atoms with Crippen LogP contribution in [-0.4, -0.2) is 11.7 Å². The normalized spacial score (nSPS) is 11.9.